The molecule has 1 amide bonds. The number of aryl methyl sites for hydroxylation is 1. The molecule has 3 heterocycles. The van der Waals surface area contributed by atoms with Gasteiger partial charge in [0.25, 0.3) is 0 Å². The van der Waals surface area contributed by atoms with Crippen LogP contribution in [0.5, 0.6) is 0 Å². The van der Waals surface area contributed by atoms with Gasteiger partial charge in [-0.2, -0.15) is 0 Å². The van der Waals surface area contributed by atoms with Crippen LogP contribution in [0.25, 0.3) is 16.6 Å². The van der Waals surface area contributed by atoms with Gasteiger partial charge in [-0.15, -0.1) is 0 Å². The molecule has 0 unspecified atom stereocenters. The van der Waals surface area contributed by atoms with E-state index in [1.54, 1.807) is 6.33 Å². The van der Waals surface area contributed by atoms with Crippen molar-refractivity contribution in [1.82, 2.24) is 19.4 Å². The summed E-state index contributed by atoms with van der Waals surface area (Å²) in [6.07, 6.45) is 10.8. The van der Waals surface area contributed by atoms with Crippen LogP contribution in [0.2, 0.25) is 0 Å². The molecule has 1 aliphatic heterocycles. The molecule has 2 aromatic heterocycles. The smallest absolute Gasteiger partial charge is 0.245 e. The number of allylic oxidation sites excluding steroid dienone is 2. The van der Waals surface area contributed by atoms with Crippen molar-refractivity contribution in [2.45, 2.75) is 51.9 Å². The predicted molar refractivity (Wildman–Crippen MR) is 117 cm³/mol. The lowest BCUT2D eigenvalue weighted by Crippen LogP contribution is -2.43. The van der Waals surface area contributed by atoms with Gasteiger partial charge in [-0.25, -0.2) is 9.97 Å². The number of amides is 1. The van der Waals surface area contributed by atoms with Gasteiger partial charge in [0.2, 0.25) is 5.91 Å². The van der Waals surface area contributed by atoms with Crippen LogP contribution >= 0.6 is 0 Å². The fourth-order valence-electron chi connectivity index (χ4n) is 5.20. The van der Waals surface area contributed by atoms with E-state index >= 15 is 0 Å². The number of hydrogen-bond acceptors (Lipinski definition) is 4. The van der Waals surface area contributed by atoms with E-state index in [9.17, 15) is 4.79 Å². The van der Waals surface area contributed by atoms with Gasteiger partial charge in [0.05, 0.1) is 5.39 Å². The summed E-state index contributed by atoms with van der Waals surface area (Å²) in [4.78, 5) is 22.6. The number of aromatic nitrogens is 3. The maximum absolute atomic E-state index is 11.9. The molecule has 4 rings (SSSR count). The molecule has 1 aliphatic carbocycles. The molecule has 0 radical (unpaired) electrons. The minimum absolute atomic E-state index is 0.0580. The zero-order valence-corrected chi connectivity index (χ0v) is 17.7. The molecule has 2 aromatic rings. The number of nitrogens with two attached hydrogens (primary N) is 1. The average molecular weight is 394 g/mol. The van der Waals surface area contributed by atoms with Crippen molar-refractivity contribution in [2.24, 2.45) is 12.5 Å². The molecule has 154 valence electrons. The van der Waals surface area contributed by atoms with E-state index in [1.807, 2.05) is 4.90 Å². The highest BCUT2D eigenvalue weighted by Gasteiger charge is 2.37. The van der Waals surface area contributed by atoms with Crippen LogP contribution in [-0.2, 0) is 11.8 Å². The number of likely N-dealkylation sites (tertiary alicyclic amines) is 1. The molecular formula is C23H31N5O. The second-order valence-corrected chi connectivity index (χ2v) is 8.90. The molecule has 1 saturated heterocycles. The summed E-state index contributed by atoms with van der Waals surface area (Å²) in [6.45, 7) is 9.71. The summed E-state index contributed by atoms with van der Waals surface area (Å²) in [5, 5.41) is 0.998. The van der Waals surface area contributed by atoms with Crippen LogP contribution in [0.15, 0.2) is 25.1 Å². The summed E-state index contributed by atoms with van der Waals surface area (Å²) < 4.78 is 2.19. The van der Waals surface area contributed by atoms with Crippen LogP contribution in [0.1, 0.15) is 63.1 Å². The van der Waals surface area contributed by atoms with Gasteiger partial charge in [-0.3, -0.25) is 4.79 Å². The van der Waals surface area contributed by atoms with E-state index in [0.717, 1.165) is 56.2 Å². The molecule has 0 atom stereocenters. The molecule has 1 spiro atoms. The highest BCUT2D eigenvalue weighted by Crippen LogP contribution is 2.47. The number of carbonyl (C=O) groups excluding carboxylic acids is 1. The van der Waals surface area contributed by atoms with Crippen molar-refractivity contribution in [1.29, 1.82) is 0 Å². The van der Waals surface area contributed by atoms with Crippen molar-refractivity contribution < 1.29 is 4.79 Å². The average Bonchev–Trinajstić information content (AvgIpc) is 3.03. The lowest BCUT2D eigenvalue weighted by molar-refractivity contribution is -0.128. The molecule has 0 saturated carbocycles. The first kappa shape index (κ1) is 19.7. The van der Waals surface area contributed by atoms with Crippen LogP contribution in [0, 0.1) is 5.41 Å². The first-order chi connectivity index (χ1) is 13.9. The van der Waals surface area contributed by atoms with Crippen LogP contribution in [0.3, 0.4) is 0 Å². The summed E-state index contributed by atoms with van der Waals surface area (Å²) in [5.74, 6) is 0.960. The fraction of sp³-hybridized carbons (Fsp3) is 0.522. The summed E-state index contributed by atoms with van der Waals surface area (Å²) in [7, 11) is 2.08. The first-order valence-electron chi connectivity index (χ1n) is 10.6. The van der Waals surface area contributed by atoms with Crippen molar-refractivity contribution in [3.8, 4) is 0 Å². The summed E-state index contributed by atoms with van der Waals surface area (Å²) >= 11 is 0. The number of carbonyl (C=O) groups is 1. The van der Waals surface area contributed by atoms with Gasteiger partial charge in [0, 0.05) is 25.8 Å². The molecule has 0 aromatic carbocycles. The standard InChI is InChI=1S/C23H31N5O/c1-5-17(29)28-12-10-23(11-13-28)8-6-16(7-9-23)20-18(15(2)3)19-21(24)25-14-26-22(19)27(20)4/h5-6,14-15H,1,7-13H2,2-4H3,(H2,24,25,26). The van der Waals surface area contributed by atoms with Gasteiger partial charge >= 0.3 is 0 Å². The SMILES string of the molecule is C=CC(=O)N1CCC2(CC=C(c3c(C(C)C)c4c(N)ncnc4n3C)CC2)CC1. The van der Waals surface area contributed by atoms with Crippen molar-refractivity contribution in [2.75, 3.05) is 18.8 Å². The Hall–Kier alpha value is -2.63. The maximum atomic E-state index is 11.9. The molecule has 29 heavy (non-hydrogen) atoms. The zero-order chi connectivity index (χ0) is 20.8. The van der Waals surface area contributed by atoms with E-state index in [4.69, 9.17) is 5.73 Å². The van der Waals surface area contributed by atoms with Crippen LogP contribution in [0.4, 0.5) is 5.82 Å². The maximum Gasteiger partial charge on any atom is 0.245 e. The van der Waals surface area contributed by atoms with Gasteiger partial charge < -0.3 is 15.2 Å². The van der Waals surface area contributed by atoms with Crippen molar-refractivity contribution in [3.63, 3.8) is 0 Å². The van der Waals surface area contributed by atoms with E-state index < -0.39 is 0 Å². The molecule has 2 aliphatic rings. The number of rotatable bonds is 3. The Labute approximate surface area is 172 Å². The Balaban J connectivity index is 1.65. The highest BCUT2D eigenvalue weighted by atomic mass is 16.2. The second kappa shape index (κ2) is 7.32. The predicted octanol–water partition coefficient (Wildman–Crippen LogP) is 4.04. The quantitative estimate of drug-likeness (QED) is 0.799. The van der Waals surface area contributed by atoms with Crippen LogP contribution < -0.4 is 5.73 Å². The third-order valence-electron chi connectivity index (χ3n) is 6.93. The molecule has 2 N–H and O–H groups in total. The van der Waals surface area contributed by atoms with Crippen molar-refractivity contribution >= 4 is 28.3 Å². The Morgan fingerprint density at radius 2 is 2.00 bits per heavy atom. The van der Waals surface area contributed by atoms with E-state index in [0.29, 0.717) is 17.2 Å². The first-order valence-corrected chi connectivity index (χ1v) is 10.6. The molecule has 6 heteroatoms. The third-order valence-corrected chi connectivity index (χ3v) is 6.93. The molecule has 6 nitrogen and oxygen atoms in total. The topological polar surface area (TPSA) is 77.0 Å². The van der Waals surface area contributed by atoms with Gasteiger partial charge in [0.1, 0.15) is 17.8 Å². The Morgan fingerprint density at radius 1 is 1.28 bits per heavy atom. The van der Waals surface area contributed by atoms with Gasteiger partial charge in [-0.1, -0.05) is 26.5 Å². The number of piperidine rings is 1. The van der Waals surface area contributed by atoms with E-state index in [-0.39, 0.29) is 5.91 Å². The highest BCUT2D eigenvalue weighted by molar-refractivity contribution is 5.95. The minimum atomic E-state index is 0.0580. The lowest BCUT2D eigenvalue weighted by Gasteiger charge is -2.43. The largest absolute Gasteiger partial charge is 0.383 e. The fourth-order valence-corrected chi connectivity index (χ4v) is 5.20. The molecular weight excluding hydrogens is 362 g/mol. The summed E-state index contributed by atoms with van der Waals surface area (Å²) in [6, 6.07) is 0. The van der Waals surface area contributed by atoms with Crippen molar-refractivity contribution in [3.05, 3.63) is 36.3 Å². The molecule has 0 bridgehead atoms. The number of nitrogens with zero attached hydrogens (tertiary/aromatic N) is 4. The van der Waals surface area contributed by atoms with E-state index in [1.165, 1.54) is 22.9 Å². The lowest BCUT2D eigenvalue weighted by atomic mass is 9.68. The Kier molecular flexibility index (Phi) is 4.97. The van der Waals surface area contributed by atoms with Gasteiger partial charge in [0.15, 0.2) is 0 Å². The Morgan fingerprint density at radius 3 is 2.59 bits per heavy atom. The molecule has 1 fully saturated rings. The number of anilines is 1. The normalized spacial score (nSPS) is 19.0. The van der Waals surface area contributed by atoms with Crippen LogP contribution in [-0.4, -0.2) is 38.4 Å². The van der Waals surface area contributed by atoms with E-state index in [2.05, 4.69) is 48.1 Å². The number of fused-ring (bicyclic) bond motifs is 1. The van der Waals surface area contributed by atoms with Gasteiger partial charge in [-0.05, 0) is 60.6 Å². The number of nitrogen functional groups attached to an aromatic ring is 1. The monoisotopic (exact) mass is 393 g/mol. The second-order valence-electron chi connectivity index (χ2n) is 8.90. The Bertz CT molecular complexity index is 992. The summed E-state index contributed by atoms with van der Waals surface area (Å²) in [5.41, 5.74) is 11.4. The minimum Gasteiger partial charge on any atom is -0.383 e. The third kappa shape index (κ3) is 3.24. The number of hydrogen-bond donors (Lipinski definition) is 1. The zero-order valence-electron chi connectivity index (χ0n) is 17.7.